The zero-order valence-corrected chi connectivity index (χ0v) is 16.5. The number of sulfonamides is 1. The van der Waals surface area contributed by atoms with Crippen LogP contribution in [0.25, 0.3) is 0 Å². The molecular weight excluding hydrogens is 364 g/mol. The van der Waals surface area contributed by atoms with Crippen molar-refractivity contribution in [2.24, 2.45) is 0 Å². The first-order chi connectivity index (χ1) is 12.8. The van der Waals surface area contributed by atoms with Crippen molar-refractivity contribution in [3.63, 3.8) is 0 Å². The lowest BCUT2D eigenvalue weighted by Gasteiger charge is -2.32. The number of aryl methyl sites for hydroxylation is 1. The summed E-state index contributed by atoms with van der Waals surface area (Å²) in [4.78, 5) is 12.7. The predicted octanol–water partition coefficient (Wildman–Crippen LogP) is 2.97. The number of morpholine rings is 1. The van der Waals surface area contributed by atoms with Crippen LogP contribution in [0.3, 0.4) is 0 Å². The summed E-state index contributed by atoms with van der Waals surface area (Å²) in [7, 11) is -3.60. The van der Waals surface area contributed by atoms with Crippen LogP contribution >= 0.6 is 0 Å². The molecule has 2 aromatic rings. The molecule has 0 aromatic heterocycles. The molecule has 0 spiro atoms. The highest BCUT2D eigenvalue weighted by Gasteiger charge is 2.31. The molecule has 1 heterocycles. The molecule has 1 aliphatic rings. The summed E-state index contributed by atoms with van der Waals surface area (Å²) in [6, 6.07) is 11.5. The molecule has 1 fully saturated rings. The van der Waals surface area contributed by atoms with Crippen molar-refractivity contribution < 1.29 is 17.9 Å². The van der Waals surface area contributed by atoms with Gasteiger partial charge in [0, 0.05) is 23.8 Å². The number of nitrogens with zero attached hydrogens (tertiary/aromatic N) is 1. The third-order valence-corrected chi connectivity index (χ3v) is 6.91. The number of anilines is 1. The molecule has 0 radical (unpaired) electrons. The quantitative estimate of drug-likeness (QED) is 0.874. The molecule has 1 aliphatic heterocycles. The molecule has 0 saturated carbocycles. The molecule has 0 aliphatic carbocycles. The fourth-order valence-electron chi connectivity index (χ4n) is 3.06. The van der Waals surface area contributed by atoms with Crippen LogP contribution in [0.1, 0.15) is 28.4 Å². The van der Waals surface area contributed by atoms with Gasteiger partial charge >= 0.3 is 0 Å². The zero-order chi connectivity index (χ0) is 19.6. The number of amides is 1. The van der Waals surface area contributed by atoms with Crippen molar-refractivity contribution in [1.29, 1.82) is 0 Å². The van der Waals surface area contributed by atoms with Crippen molar-refractivity contribution in [3.8, 4) is 0 Å². The van der Waals surface area contributed by atoms with E-state index in [1.54, 1.807) is 12.1 Å². The largest absolute Gasteiger partial charge is 0.378 e. The minimum absolute atomic E-state index is 0.180. The molecule has 0 bridgehead atoms. The standard InChI is InChI=1S/C20H24N2O4S/c1-14-5-4-6-19(16(14)3)21-20(23)17-7-9-18(10-8-17)27(24,25)22-11-12-26-13-15(22)2/h4-10,15H,11-13H2,1-3H3,(H,21,23). The van der Waals surface area contributed by atoms with E-state index in [-0.39, 0.29) is 16.8 Å². The fourth-order valence-corrected chi connectivity index (χ4v) is 4.66. The van der Waals surface area contributed by atoms with Gasteiger partial charge in [0.2, 0.25) is 10.0 Å². The number of ether oxygens (including phenoxy) is 1. The van der Waals surface area contributed by atoms with E-state index in [2.05, 4.69) is 5.32 Å². The summed E-state index contributed by atoms with van der Waals surface area (Å²) in [5.74, 6) is -0.271. The van der Waals surface area contributed by atoms with Crippen molar-refractivity contribution >= 4 is 21.6 Å². The number of rotatable bonds is 4. The Morgan fingerprint density at radius 3 is 2.52 bits per heavy atom. The van der Waals surface area contributed by atoms with Crippen LogP contribution in [0.15, 0.2) is 47.4 Å². The van der Waals surface area contributed by atoms with Gasteiger partial charge in [-0.1, -0.05) is 12.1 Å². The lowest BCUT2D eigenvalue weighted by molar-refractivity contribution is 0.0393. The lowest BCUT2D eigenvalue weighted by Crippen LogP contribution is -2.46. The van der Waals surface area contributed by atoms with Crippen molar-refractivity contribution in [3.05, 3.63) is 59.2 Å². The van der Waals surface area contributed by atoms with Crippen LogP contribution in [0, 0.1) is 13.8 Å². The number of benzene rings is 2. The number of carbonyl (C=O) groups excluding carboxylic acids is 1. The Balaban J connectivity index is 1.78. The normalized spacial score (nSPS) is 18.3. The first kappa shape index (κ1) is 19.5. The van der Waals surface area contributed by atoms with Gasteiger partial charge in [-0.3, -0.25) is 4.79 Å². The highest BCUT2D eigenvalue weighted by Crippen LogP contribution is 2.22. The first-order valence-corrected chi connectivity index (χ1v) is 10.3. The van der Waals surface area contributed by atoms with E-state index in [1.165, 1.54) is 16.4 Å². The van der Waals surface area contributed by atoms with E-state index in [0.29, 0.717) is 25.3 Å². The second-order valence-corrected chi connectivity index (χ2v) is 8.66. The van der Waals surface area contributed by atoms with Crippen LogP contribution in [0.2, 0.25) is 0 Å². The van der Waals surface area contributed by atoms with Crippen LogP contribution in [0.4, 0.5) is 5.69 Å². The van der Waals surface area contributed by atoms with Crippen LogP contribution in [-0.2, 0) is 14.8 Å². The Hall–Kier alpha value is -2.22. The first-order valence-electron chi connectivity index (χ1n) is 8.88. The van der Waals surface area contributed by atoms with Gasteiger partial charge in [0.15, 0.2) is 0 Å². The Labute approximate surface area is 160 Å². The SMILES string of the molecule is Cc1cccc(NC(=O)c2ccc(S(=O)(=O)N3CCOCC3C)cc2)c1C. The highest BCUT2D eigenvalue weighted by atomic mass is 32.2. The van der Waals surface area contributed by atoms with Crippen LogP contribution in [0.5, 0.6) is 0 Å². The Morgan fingerprint density at radius 1 is 1.15 bits per heavy atom. The molecule has 1 amide bonds. The molecule has 27 heavy (non-hydrogen) atoms. The summed E-state index contributed by atoms with van der Waals surface area (Å²) < 4.78 is 32.4. The molecule has 6 nitrogen and oxygen atoms in total. The summed E-state index contributed by atoms with van der Waals surface area (Å²) in [5, 5.41) is 2.88. The van der Waals surface area contributed by atoms with Crippen LogP contribution < -0.4 is 5.32 Å². The van der Waals surface area contributed by atoms with E-state index in [1.807, 2.05) is 39.0 Å². The Kier molecular flexibility index (Phi) is 5.64. The van der Waals surface area contributed by atoms with Crippen LogP contribution in [-0.4, -0.2) is 44.4 Å². The average molecular weight is 388 g/mol. The minimum atomic E-state index is -3.60. The zero-order valence-electron chi connectivity index (χ0n) is 15.7. The van der Waals surface area contributed by atoms with E-state index in [0.717, 1.165) is 16.8 Å². The molecular formula is C20H24N2O4S. The molecule has 1 N–H and O–H groups in total. The van der Waals surface area contributed by atoms with E-state index in [4.69, 9.17) is 4.74 Å². The third-order valence-electron chi connectivity index (χ3n) is 4.88. The van der Waals surface area contributed by atoms with Gasteiger partial charge < -0.3 is 10.1 Å². The summed E-state index contributed by atoms with van der Waals surface area (Å²) >= 11 is 0. The maximum atomic E-state index is 12.8. The molecule has 7 heteroatoms. The number of hydrogen-bond acceptors (Lipinski definition) is 4. The molecule has 144 valence electrons. The number of hydrogen-bond donors (Lipinski definition) is 1. The van der Waals surface area contributed by atoms with E-state index < -0.39 is 10.0 Å². The van der Waals surface area contributed by atoms with E-state index >= 15 is 0 Å². The van der Waals surface area contributed by atoms with Crippen molar-refractivity contribution in [1.82, 2.24) is 4.31 Å². The Bertz CT molecular complexity index is 939. The third kappa shape index (κ3) is 4.05. The van der Waals surface area contributed by atoms with E-state index in [9.17, 15) is 13.2 Å². The van der Waals surface area contributed by atoms with Gasteiger partial charge in [0.25, 0.3) is 5.91 Å². The lowest BCUT2D eigenvalue weighted by atomic mass is 10.1. The highest BCUT2D eigenvalue weighted by molar-refractivity contribution is 7.89. The maximum absolute atomic E-state index is 12.8. The smallest absolute Gasteiger partial charge is 0.255 e. The molecule has 3 rings (SSSR count). The molecule has 2 aromatic carbocycles. The second kappa shape index (κ2) is 7.80. The van der Waals surface area contributed by atoms with Gasteiger partial charge in [-0.2, -0.15) is 4.31 Å². The molecule has 1 unspecified atom stereocenters. The summed E-state index contributed by atoms with van der Waals surface area (Å²) in [6.45, 7) is 6.86. The van der Waals surface area contributed by atoms with Gasteiger partial charge in [0.05, 0.1) is 18.1 Å². The molecule has 1 saturated heterocycles. The second-order valence-electron chi connectivity index (χ2n) is 6.77. The summed E-state index contributed by atoms with van der Waals surface area (Å²) in [6.07, 6.45) is 0. The average Bonchev–Trinajstić information content (AvgIpc) is 2.65. The van der Waals surface area contributed by atoms with Gasteiger partial charge in [-0.25, -0.2) is 8.42 Å². The number of carbonyl (C=O) groups is 1. The minimum Gasteiger partial charge on any atom is -0.378 e. The van der Waals surface area contributed by atoms with Gasteiger partial charge in [-0.15, -0.1) is 0 Å². The fraction of sp³-hybridized carbons (Fsp3) is 0.350. The summed E-state index contributed by atoms with van der Waals surface area (Å²) in [5.41, 5.74) is 3.25. The number of nitrogens with one attached hydrogen (secondary N) is 1. The van der Waals surface area contributed by atoms with Gasteiger partial charge in [0.1, 0.15) is 0 Å². The molecule has 1 atom stereocenters. The Morgan fingerprint density at radius 2 is 1.85 bits per heavy atom. The maximum Gasteiger partial charge on any atom is 0.255 e. The van der Waals surface area contributed by atoms with Gasteiger partial charge in [-0.05, 0) is 62.2 Å². The topological polar surface area (TPSA) is 75.7 Å². The predicted molar refractivity (Wildman–Crippen MR) is 104 cm³/mol. The van der Waals surface area contributed by atoms with Crippen molar-refractivity contribution in [2.75, 3.05) is 25.1 Å². The monoisotopic (exact) mass is 388 g/mol. The van der Waals surface area contributed by atoms with Crippen molar-refractivity contribution in [2.45, 2.75) is 31.7 Å².